The lowest BCUT2D eigenvalue weighted by Gasteiger charge is -2.38. The number of hydrogen-bond donors (Lipinski definition) is 0. The Morgan fingerprint density at radius 1 is 0.636 bits per heavy atom. The molecule has 0 saturated carbocycles. The van der Waals surface area contributed by atoms with E-state index in [2.05, 4.69) is 60.9 Å². The van der Waals surface area contributed by atoms with E-state index < -0.39 is 17.1 Å². The van der Waals surface area contributed by atoms with Crippen molar-refractivity contribution < 1.29 is 13.0 Å². The second kappa shape index (κ2) is 19.0. The molecular weight excluding hydrogens is 440 g/mol. The van der Waals surface area contributed by atoms with Gasteiger partial charge in [-0.2, -0.15) is 0 Å². The van der Waals surface area contributed by atoms with Crippen LogP contribution in [0.25, 0.3) is 0 Å². The van der Waals surface area contributed by atoms with Gasteiger partial charge in [0.05, 0.1) is 6.10 Å². The summed E-state index contributed by atoms with van der Waals surface area (Å²) < 4.78 is 19.4. The van der Waals surface area contributed by atoms with Gasteiger partial charge in [0.15, 0.2) is 0 Å². The predicted octanol–water partition coefficient (Wildman–Crippen LogP) is 9.40. The molecule has 0 saturated heterocycles. The molecule has 196 valence electrons. The second-order valence-corrected chi connectivity index (χ2v) is 16.9. The molecular formula is C28H58O3Si2. The first-order chi connectivity index (χ1) is 15.6. The van der Waals surface area contributed by atoms with Crippen LogP contribution in [0.15, 0.2) is 24.6 Å². The maximum absolute atomic E-state index is 6.57. The van der Waals surface area contributed by atoms with Crippen LogP contribution in [0.2, 0.25) is 13.1 Å². The highest BCUT2D eigenvalue weighted by atomic mass is 28.5. The lowest BCUT2D eigenvalue weighted by molar-refractivity contribution is 0.0718. The third-order valence-electron chi connectivity index (χ3n) is 6.47. The minimum Gasteiger partial charge on any atom is -0.409 e. The van der Waals surface area contributed by atoms with Crippen LogP contribution >= 0.6 is 0 Å². The highest BCUT2D eigenvalue weighted by Crippen LogP contribution is 2.26. The highest BCUT2D eigenvalue weighted by molar-refractivity contribution is 6.84. The smallest absolute Gasteiger partial charge is 0.352 e. The highest BCUT2D eigenvalue weighted by Gasteiger charge is 2.42. The van der Waals surface area contributed by atoms with Crippen LogP contribution in [0.3, 0.4) is 0 Å². The lowest BCUT2D eigenvalue weighted by atomic mass is 9.97. The van der Waals surface area contributed by atoms with E-state index in [4.69, 9.17) is 13.0 Å². The molecule has 0 aliphatic heterocycles. The third kappa shape index (κ3) is 16.2. The van der Waals surface area contributed by atoms with Crippen LogP contribution in [0.1, 0.15) is 118 Å². The molecule has 33 heavy (non-hydrogen) atoms. The van der Waals surface area contributed by atoms with Crippen molar-refractivity contribution in [2.45, 2.75) is 137 Å². The van der Waals surface area contributed by atoms with E-state index in [1.54, 1.807) is 0 Å². The van der Waals surface area contributed by atoms with Crippen molar-refractivity contribution in [2.75, 3.05) is 6.61 Å². The Bertz CT molecular complexity index is 490. The van der Waals surface area contributed by atoms with Crippen molar-refractivity contribution >= 4 is 17.1 Å². The van der Waals surface area contributed by atoms with Crippen molar-refractivity contribution in [3.63, 3.8) is 0 Å². The minimum atomic E-state index is -2.55. The molecule has 0 N–H and O–H groups in total. The third-order valence-corrected chi connectivity index (χ3v) is 12.7. The average Bonchev–Trinajstić information content (AvgIpc) is 2.77. The van der Waals surface area contributed by atoms with Crippen molar-refractivity contribution in [3.05, 3.63) is 24.6 Å². The number of unbranched alkanes of at least 4 members (excludes halogenated alkanes) is 12. The SMILES string of the molecule is C=C[Si](C)(OCCCCCCCCCCCCCCC)O[Si](C)(C=C)OC(C(C)C)C(C)C. The van der Waals surface area contributed by atoms with Gasteiger partial charge in [0.1, 0.15) is 0 Å². The Kier molecular flexibility index (Phi) is 18.9. The van der Waals surface area contributed by atoms with Gasteiger partial charge in [-0.05, 0) is 31.4 Å². The molecule has 0 aliphatic carbocycles. The van der Waals surface area contributed by atoms with Gasteiger partial charge in [0, 0.05) is 6.61 Å². The Labute approximate surface area is 210 Å². The maximum Gasteiger partial charge on any atom is 0.352 e. The summed E-state index contributed by atoms with van der Waals surface area (Å²) in [6, 6.07) is 0. The summed E-state index contributed by atoms with van der Waals surface area (Å²) in [5, 5.41) is 0. The molecule has 0 bridgehead atoms. The predicted molar refractivity (Wildman–Crippen MR) is 151 cm³/mol. The van der Waals surface area contributed by atoms with Crippen molar-refractivity contribution in [3.8, 4) is 0 Å². The zero-order valence-electron chi connectivity index (χ0n) is 23.4. The summed E-state index contributed by atoms with van der Waals surface area (Å²) in [6.45, 7) is 24.1. The van der Waals surface area contributed by atoms with E-state index in [0.29, 0.717) is 11.8 Å². The van der Waals surface area contributed by atoms with E-state index >= 15 is 0 Å². The van der Waals surface area contributed by atoms with Crippen LogP contribution in [0.4, 0.5) is 0 Å². The summed E-state index contributed by atoms with van der Waals surface area (Å²) in [5.74, 6) is 0.868. The zero-order chi connectivity index (χ0) is 25.2. The molecule has 2 atom stereocenters. The van der Waals surface area contributed by atoms with Crippen LogP contribution in [0, 0.1) is 11.8 Å². The number of rotatable bonds is 23. The largest absolute Gasteiger partial charge is 0.409 e. The normalized spacial score (nSPS) is 15.7. The minimum absolute atomic E-state index is 0.156. The van der Waals surface area contributed by atoms with Gasteiger partial charge < -0.3 is 13.0 Å². The van der Waals surface area contributed by atoms with Crippen molar-refractivity contribution in [1.82, 2.24) is 0 Å². The topological polar surface area (TPSA) is 27.7 Å². The molecule has 5 heteroatoms. The van der Waals surface area contributed by atoms with Gasteiger partial charge in [-0.3, -0.25) is 0 Å². The zero-order valence-corrected chi connectivity index (χ0v) is 25.4. The second-order valence-electron chi connectivity index (χ2n) is 10.7. The quantitative estimate of drug-likeness (QED) is 0.104. The fourth-order valence-electron chi connectivity index (χ4n) is 4.35. The Morgan fingerprint density at radius 3 is 1.39 bits per heavy atom. The molecule has 0 radical (unpaired) electrons. The first-order valence-electron chi connectivity index (χ1n) is 13.9. The Morgan fingerprint density at radius 2 is 1.03 bits per heavy atom. The molecule has 0 aliphatic rings. The van der Waals surface area contributed by atoms with Gasteiger partial charge in [-0.15, -0.1) is 13.2 Å². The number of hydrogen-bond acceptors (Lipinski definition) is 3. The molecule has 0 spiro atoms. The standard InChI is InChI=1S/C28H58O3Si2/c1-10-13-14-15-16-17-18-19-20-21-22-23-24-25-29-32(8,11-2)31-33(9,12-3)30-28(26(4)5)27(6)7/h11-12,26-28H,2-3,10,13-25H2,1,4-9H3. The maximum atomic E-state index is 6.57. The van der Waals surface area contributed by atoms with Gasteiger partial charge >= 0.3 is 17.1 Å². The molecule has 0 aromatic rings. The Hall–Kier alpha value is -0.206. The molecule has 2 unspecified atom stereocenters. The van der Waals surface area contributed by atoms with E-state index in [-0.39, 0.29) is 6.10 Å². The first-order valence-corrected chi connectivity index (χ1v) is 18.7. The summed E-state index contributed by atoms with van der Waals surface area (Å²) in [7, 11) is -5.04. The lowest BCUT2D eigenvalue weighted by Crippen LogP contribution is -2.53. The molecule has 0 aromatic heterocycles. The fourth-order valence-corrected chi connectivity index (χ4v) is 10.5. The summed E-state index contributed by atoms with van der Waals surface area (Å²) in [5.41, 5.74) is 3.79. The van der Waals surface area contributed by atoms with Crippen molar-refractivity contribution in [2.24, 2.45) is 11.8 Å². The molecule has 0 aromatic carbocycles. The van der Waals surface area contributed by atoms with E-state index in [1.807, 2.05) is 11.4 Å². The van der Waals surface area contributed by atoms with Crippen LogP contribution in [-0.4, -0.2) is 29.8 Å². The van der Waals surface area contributed by atoms with Crippen LogP contribution < -0.4 is 0 Å². The monoisotopic (exact) mass is 498 g/mol. The summed E-state index contributed by atoms with van der Waals surface area (Å²) >= 11 is 0. The fraction of sp³-hybridized carbons (Fsp3) is 0.857. The average molecular weight is 499 g/mol. The molecule has 3 nitrogen and oxygen atoms in total. The van der Waals surface area contributed by atoms with Gasteiger partial charge in [0.2, 0.25) is 0 Å². The van der Waals surface area contributed by atoms with Gasteiger partial charge in [-0.1, -0.05) is 123 Å². The van der Waals surface area contributed by atoms with Crippen LogP contribution in [0.5, 0.6) is 0 Å². The van der Waals surface area contributed by atoms with Gasteiger partial charge in [-0.25, -0.2) is 0 Å². The summed E-state index contributed by atoms with van der Waals surface area (Å²) in [4.78, 5) is 0. The molecule has 0 fully saturated rings. The first kappa shape index (κ1) is 32.8. The van der Waals surface area contributed by atoms with E-state index in [9.17, 15) is 0 Å². The van der Waals surface area contributed by atoms with Crippen molar-refractivity contribution in [1.29, 1.82) is 0 Å². The van der Waals surface area contributed by atoms with Crippen LogP contribution in [-0.2, 0) is 13.0 Å². The van der Waals surface area contributed by atoms with Gasteiger partial charge in [0.25, 0.3) is 0 Å². The summed E-state index contributed by atoms with van der Waals surface area (Å²) in [6.07, 6.45) is 17.8. The van der Waals surface area contributed by atoms with E-state index in [0.717, 1.165) is 13.0 Å². The molecule has 0 heterocycles. The van der Waals surface area contributed by atoms with E-state index in [1.165, 1.54) is 77.0 Å². The molecule has 0 rings (SSSR count). The molecule has 0 amide bonds. The Balaban J connectivity index is 4.13.